The molecule has 2 unspecified atom stereocenters. The fourth-order valence-corrected chi connectivity index (χ4v) is 4.54. The van der Waals surface area contributed by atoms with E-state index in [1.54, 1.807) is 0 Å². The van der Waals surface area contributed by atoms with E-state index < -0.39 is 52.1 Å². The molecular formula is C24H26BrF4NO3. The average Bonchev–Trinajstić information content (AvgIpc) is 2.82. The van der Waals surface area contributed by atoms with Crippen LogP contribution in [0.1, 0.15) is 31.4 Å². The van der Waals surface area contributed by atoms with E-state index in [1.807, 2.05) is 0 Å². The van der Waals surface area contributed by atoms with Crippen molar-refractivity contribution in [3.05, 3.63) is 82.9 Å². The van der Waals surface area contributed by atoms with Crippen LogP contribution in [-0.2, 0) is 15.1 Å². The van der Waals surface area contributed by atoms with Gasteiger partial charge in [-0.25, -0.2) is 22.4 Å². The number of aliphatic hydroxyl groups is 1. The molecule has 2 aliphatic rings. The topological polar surface area (TPSA) is 46.5 Å². The lowest BCUT2D eigenvalue weighted by Crippen LogP contribution is -3.00. The largest absolute Gasteiger partial charge is 1.00 e. The molecule has 4 rings (SSSR count). The summed E-state index contributed by atoms with van der Waals surface area (Å²) in [7, 11) is 4.13. The fourth-order valence-electron chi connectivity index (χ4n) is 4.54. The molecule has 2 heterocycles. The second kappa shape index (κ2) is 9.56. The van der Waals surface area contributed by atoms with Crippen LogP contribution in [-0.4, -0.2) is 47.8 Å². The molecule has 2 bridgehead atoms. The Kier molecular flexibility index (Phi) is 7.83. The van der Waals surface area contributed by atoms with E-state index in [9.17, 15) is 27.5 Å². The molecule has 180 valence electrons. The van der Waals surface area contributed by atoms with Crippen LogP contribution in [0.5, 0.6) is 0 Å². The number of rotatable bonds is 4. The number of benzene rings is 2. The number of carbonyl (C=O) groups is 1. The van der Waals surface area contributed by atoms with Gasteiger partial charge in [-0.15, -0.1) is 0 Å². The lowest BCUT2D eigenvalue weighted by Gasteiger charge is -2.44. The first kappa shape index (κ1) is 27.0. The van der Waals surface area contributed by atoms with E-state index in [-0.39, 0.29) is 36.5 Å². The Hall–Kier alpha value is -2.23. The second-order valence-electron chi connectivity index (χ2n) is 8.67. The van der Waals surface area contributed by atoms with E-state index in [0.29, 0.717) is 29.5 Å². The number of esters is 1. The van der Waals surface area contributed by atoms with Gasteiger partial charge in [0.2, 0.25) is 5.60 Å². The molecule has 2 aromatic rings. The van der Waals surface area contributed by atoms with Crippen molar-refractivity contribution in [1.29, 1.82) is 0 Å². The van der Waals surface area contributed by atoms with E-state index >= 15 is 0 Å². The van der Waals surface area contributed by atoms with Crippen molar-refractivity contribution in [2.45, 2.75) is 44.1 Å². The van der Waals surface area contributed by atoms with Crippen molar-refractivity contribution >= 4 is 5.97 Å². The molecule has 0 aliphatic carbocycles. The van der Waals surface area contributed by atoms with Gasteiger partial charge in [0.1, 0.15) is 41.5 Å². The number of likely N-dealkylation sites (N-methyl/N-ethyl adjacent to an activating group) is 1. The van der Waals surface area contributed by atoms with Crippen molar-refractivity contribution in [3.8, 4) is 0 Å². The third kappa shape index (κ3) is 4.85. The minimum absolute atomic E-state index is 0. The molecule has 2 aromatic carbocycles. The SMILES string of the molecule is C.C[N+]1(C)C2C=C[C@@H]1CC(OC(=O)C(O)(c1cc(F)cc(F)c1)c1cc(F)cc(F)c1)C2.[Br-]. The van der Waals surface area contributed by atoms with Gasteiger partial charge in [0.05, 0.1) is 14.1 Å². The summed E-state index contributed by atoms with van der Waals surface area (Å²) in [5.41, 5.74) is -3.85. The quantitative estimate of drug-likeness (QED) is 0.279. The summed E-state index contributed by atoms with van der Waals surface area (Å²) in [6.45, 7) is 0. The number of hydrogen-bond donors (Lipinski definition) is 1. The average molecular weight is 532 g/mol. The van der Waals surface area contributed by atoms with Gasteiger partial charge in [-0.05, 0) is 36.4 Å². The summed E-state index contributed by atoms with van der Waals surface area (Å²) in [5, 5.41) is 11.3. The van der Waals surface area contributed by atoms with Crippen molar-refractivity contribution in [3.63, 3.8) is 0 Å². The Morgan fingerprint density at radius 2 is 1.24 bits per heavy atom. The van der Waals surface area contributed by atoms with Crippen LogP contribution in [0.4, 0.5) is 17.6 Å². The van der Waals surface area contributed by atoms with Crippen LogP contribution in [0.15, 0.2) is 48.6 Å². The standard InChI is InChI=1S/C23H22F4NO3.CH4.BrH/c1-28(2)19-3-4-20(28)12-21(11-19)31-22(29)23(30,13-5-15(24)9-16(25)6-13)14-7-17(26)10-18(27)8-14;;/h3-10,19-21,30H,11-12H2,1-2H3;1H4;1H/q+1;;/p-1/t19-,20?,21?;;/m1../s1. The minimum atomic E-state index is -2.81. The van der Waals surface area contributed by atoms with Crippen LogP contribution >= 0.6 is 0 Å². The number of carbonyl (C=O) groups excluding carboxylic acids is 1. The van der Waals surface area contributed by atoms with Gasteiger partial charge in [-0.2, -0.15) is 0 Å². The first-order valence-electron chi connectivity index (χ1n) is 9.88. The Bertz CT molecular complexity index is 966. The number of ether oxygens (including phenoxy) is 1. The fraction of sp³-hybridized carbons (Fsp3) is 0.375. The summed E-state index contributed by atoms with van der Waals surface area (Å²) < 4.78 is 61.8. The third-order valence-electron chi connectivity index (χ3n) is 6.40. The molecule has 2 aliphatic heterocycles. The Labute approximate surface area is 200 Å². The van der Waals surface area contributed by atoms with E-state index in [2.05, 4.69) is 26.2 Å². The van der Waals surface area contributed by atoms with Crippen molar-refractivity contribution in [2.24, 2.45) is 0 Å². The zero-order chi connectivity index (χ0) is 22.6. The van der Waals surface area contributed by atoms with Gasteiger partial charge in [-0.3, -0.25) is 0 Å². The molecule has 3 atom stereocenters. The van der Waals surface area contributed by atoms with Crippen molar-refractivity contribution in [1.82, 2.24) is 0 Å². The molecule has 4 nitrogen and oxygen atoms in total. The van der Waals surface area contributed by atoms with Gasteiger partial charge in [0, 0.05) is 36.1 Å². The normalized spacial score (nSPS) is 22.8. The highest BCUT2D eigenvalue weighted by Gasteiger charge is 2.49. The lowest BCUT2D eigenvalue weighted by molar-refractivity contribution is -0.926. The Morgan fingerprint density at radius 1 is 0.879 bits per heavy atom. The third-order valence-corrected chi connectivity index (χ3v) is 6.40. The molecule has 0 saturated carbocycles. The minimum Gasteiger partial charge on any atom is -1.00 e. The van der Waals surface area contributed by atoms with Gasteiger partial charge in [0.25, 0.3) is 0 Å². The highest BCUT2D eigenvalue weighted by molar-refractivity contribution is 5.85. The number of piperidine rings is 1. The van der Waals surface area contributed by atoms with Crippen molar-refractivity contribution < 1.29 is 53.7 Å². The maximum atomic E-state index is 13.9. The van der Waals surface area contributed by atoms with Gasteiger partial charge >= 0.3 is 5.97 Å². The molecule has 1 N–H and O–H groups in total. The highest BCUT2D eigenvalue weighted by Crippen LogP contribution is 2.38. The predicted octanol–water partition coefficient (Wildman–Crippen LogP) is 1.21. The predicted molar refractivity (Wildman–Crippen MR) is 110 cm³/mol. The van der Waals surface area contributed by atoms with E-state index in [0.717, 1.165) is 24.3 Å². The van der Waals surface area contributed by atoms with Crippen LogP contribution < -0.4 is 17.0 Å². The molecule has 0 radical (unpaired) electrons. The van der Waals surface area contributed by atoms with Crippen LogP contribution in [0, 0.1) is 23.3 Å². The first-order valence-corrected chi connectivity index (χ1v) is 9.88. The number of quaternary nitrogens is 1. The highest BCUT2D eigenvalue weighted by atomic mass is 79.9. The number of nitrogens with zero attached hydrogens (tertiary/aromatic N) is 1. The second-order valence-corrected chi connectivity index (χ2v) is 8.67. The Morgan fingerprint density at radius 3 is 1.61 bits per heavy atom. The number of hydrogen-bond acceptors (Lipinski definition) is 3. The smallest absolute Gasteiger partial charge is 0.347 e. The molecule has 0 aromatic heterocycles. The number of fused-ring (bicyclic) bond motifs is 2. The zero-order valence-corrected chi connectivity index (χ0v) is 19.0. The molecule has 0 amide bonds. The molecule has 9 heteroatoms. The Balaban J connectivity index is 0.00000193. The maximum absolute atomic E-state index is 13.9. The van der Waals surface area contributed by atoms with Crippen LogP contribution in [0.25, 0.3) is 0 Å². The molecule has 1 fully saturated rings. The summed E-state index contributed by atoms with van der Waals surface area (Å²) in [4.78, 5) is 13.2. The van der Waals surface area contributed by atoms with Gasteiger partial charge in [0.15, 0.2) is 0 Å². The molecule has 33 heavy (non-hydrogen) atoms. The summed E-state index contributed by atoms with van der Waals surface area (Å²) in [5.74, 6) is -5.48. The first-order chi connectivity index (χ1) is 14.5. The summed E-state index contributed by atoms with van der Waals surface area (Å²) in [6, 6.07) is 4.26. The van der Waals surface area contributed by atoms with E-state index in [1.165, 1.54) is 0 Å². The molecule has 0 spiro atoms. The van der Waals surface area contributed by atoms with E-state index in [4.69, 9.17) is 4.74 Å². The monoisotopic (exact) mass is 531 g/mol. The van der Waals surface area contributed by atoms with Gasteiger partial charge < -0.3 is 31.3 Å². The maximum Gasteiger partial charge on any atom is 0.347 e. The zero-order valence-electron chi connectivity index (χ0n) is 17.4. The lowest BCUT2D eigenvalue weighted by atomic mass is 9.85. The summed E-state index contributed by atoms with van der Waals surface area (Å²) in [6.07, 6.45) is 4.49. The molecular weight excluding hydrogens is 506 g/mol. The van der Waals surface area contributed by atoms with Gasteiger partial charge in [-0.1, -0.05) is 7.43 Å². The van der Waals surface area contributed by atoms with Crippen LogP contribution in [0.2, 0.25) is 0 Å². The summed E-state index contributed by atoms with van der Waals surface area (Å²) >= 11 is 0. The molecule has 1 saturated heterocycles. The number of halogens is 5. The van der Waals surface area contributed by atoms with Crippen LogP contribution in [0.3, 0.4) is 0 Å². The van der Waals surface area contributed by atoms with Crippen molar-refractivity contribution in [2.75, 3.05) is 14.1 Å².